The smallest absolute Gasteiger partial charge is 0.252 e. The van der Waals surface area contributed by atoms with Gasteiger partial charge in [0, 0.05) is 24.9 Å². The van der Waals surface area contributed by atoms with E-state index in [9.17, 15) is 13.9 Å². The van der Waals surface area contributed by atoms with Crippen LogP contribution in [0.2, 0.25) is 0 Å². The molecule has 22 heavy (non-hydrogen) atoms. The highest BCUT2D eigenvalue weighted by Crippen LogP contribution is 2.39. The molecule has 0 unspecified atom stereocenters. The second-order valence-electron chi connectivity index (χ2n) is 6.25. The number of hydrogen-bond donors (Lipinski definition) is 4. The summed E-state index contributed by atoms with van der Waals surface area (Å²) in [5, 5.41) is 15.7. The second kappa shape index (κ2) is 5.83. The lowest BCUT2D eigenvalue weighted by atomic mass is 9.88. The highest BCUT2D eigenvalue weighted by molar-refractivity contribution is 5.62. The third-order valence-corrected chi connectivity index (χ3v) is 4.28. The Kier molecular flexibility index (Phi) is 4.03. The van der Waals surface area contributed by atoms with Crippen LogP contribution < -0.4 is 16.4 Å². The van der Waals surface area contributed by atoms with Gasteiger partial charge in [-0.2, -0.15) is 4.98 Å². The number of nitrogens with one attached hydrogen (secondary N) is 2. The molecule has 6 nitrogen and oxygen atoms in total. The van der Waals surface area contributed by atoms with Crippen LogP contribution in [0.4, 0.5) is 26.2 Å². The van der Waals surface area contributed by atoms with Crippen LogP contribution in [0.1, 0.15) is 38.5 Å². The summed E-state index contributed by atoms with van der Waals surface area (Å²) in [6, 6.07) is -0.0854. The van der Waals surface area contributed by atoms with Crippen molar-refractivity contribution in [2.45, 2.75) is 62.6 Å². The van der Waals surface area contributed by atoms with E-state index in [1.54, 1.807) is 0 Å². The zero-order valence-electron chi connectivity index (χ0n) is 12.2. The first kappa shape index (κ1) is 15.2. The van der Waals surface area contributed by atoms with E-state index >= 15 is 0 Å². The summed E-state index contributed by atoms with van der Waals surface area (Å²) in [6.45, 7) is 0. The van der Waals surface area contributed by atoms with Crippen molar-refractivity contribution in [2.75, 3.05) is 16.4 Å². The Morgan fingerprint density at radius 1 is 1.14 bits per heavy atom. The van der Waals surface area contributed by atoms with Gasteiger partial charge in [-0.15, -0.1) is 0 Å². The molecule has 2 aliphatic carbocycles. The van der Waals surface area contributed by atoms with Crippen LogP contribution >= 0.6 is 0 Å². The predicted molar refractivity (Wildman–Crippen MR) is 79.9 cm³/mol. The Balaban J connectivity index is 1.60. The molecule has 0 atom stereocenters. The molecule has 2 fully saturated rings. The molecular weight excluding hydrogens is 292 g/mol. The van der Waals surface area contributed by atoms with Crippen molar-refractivity contribution in [1.29, 1.82) is 0 Å². The standard InChI is InChI=1S/C14H21F2N5O/c15-14(16)5-9(6-14)19-12-11(17)7-18-13(21-12)20-8-1-3-10(22)4-2-8/h7-10,22H,1-6,17H2,(H2,18,19,20,21). The van der Waals surface area contributed by atoms with Crippen molar-refractivity contribution in [3.8, 4) is 0 Å². The summed E-state index contributed by atoms with van der Waals surface area (Å²) < 4.78 is 25.7. The van der Waals surface area contributed by atoms with Crippen molar-refractivity contribution in [3.05, 3.63) is 6.20 Å². The molecular formula is C14H21F2N5O. The zero-order valence-corrected chi connectivity index (χ0v) is 12.2. The van der Waals surface area contributed by atoms with E-state index in [1.165, 1.54) is 6.20 Å². The molecule has 122 valence electrons. The fourth-order valence-corrected chi connectivity index (χ4v) is 2.94. The summed E-state index contributed by atoms with van der Waals surface area (Å²) in [4.78, 5) is 8.42. The van der Waals surface area contributed by atoms with Gasteiger partial charge in [0.1, 0.15) is 0 Å². The number of nitrogens with two attached hydrogens (primary N) is 1. The molecule has 0 spiro atoms. The van der Waals surface area contributed by atoms with Crippen molar-refractivity contribution in [1.82, 2.24) is 9.97 Å². The van der Waals surface area contributed by atoms with Crippen LogP contribution in [0.15, 0.2) is 6.20 Å². The minimum atomic E-state index is -2.58. The number of hydrogen-bond acceptors (Lipinski definition) is 6. The lowest BCUT2D eigenvalue weighted by Crippen LogP contribution is -2.44. The number of nitrogen functional groups attached to an aromatic ring is 1. The van der Waals surface area contributed by atoms with Crippen molar-refractivity contribution < 1.29 is 13.9 Å². The average Bonchev–Trinajstić information content (AvgIpc) is 2.43. The maximum Gasteiger partial charge on any atom is 0.252 e. The van der Waals surface area contributed by atoms with Crippen molar-refractivity contribution >= 4 is 17.5 Å². The number of aliphatic hydroxyl groups excluding tert-OH is 1. The lowest BCUT2D eigenvalue weighted by Gasteiger charge is -2.35. The number of halogens is 2. The Hall–Kier alpha value is -1.70. The SMILES string of the molecule is Nc1cnc(NC2CCC(O)CC2)nc1NC1CC(F)(F)C1. The van der Waals surface area contributed by atoms with Gasteiger partial charge in [-0.25, -0.2) is 13.8 Å². The van der Waals surface area contributed by atoms with E-state index in [-0.39, 0.29) is 31.0 Å². The van der Waals surface area contributed by atoms with E-state index < -0.39 is 5.92 Å². The topological polar surface area (TPSA) is 96.1 Å². The van der Waals surface area contributed by atoms with Crippen LogP contribution in [0.3, 0.4) is 0 Å². The largest absolute Gasteiger partial charge is 0.394 e. The van der Waals surface area contributed by atoms with Gasteiger partial charge in [0.05, 0.1) is 18.0 Å². The Morgan fingerprint density at radius 3 is 2.45 bits per heavy atom. The van der Waals surface area contributed by atoms with Gasteiger partial charge in [-0.3, -0.25) is 0 Å². The summed E-state index contributed by atoms with van der Waals surface area (Å²) in [7, 11) is 0. The van der Waals surface area contributed by atoms with E-state index in [2.05, 4.69) is 20.6 Å². The molecule has 2 aliphatic rings. The van der Waals surface area contributed by atoms with Gasteiger partial charge in [0.15, 0.2) is 5.82 Å². The monoisotopic (exact) mass is 313 g/mol. The minimum Gasteiger partial charge on any atom is -0.394 e. The van der Waals surface area contributed by atoms with E-state index in [4.69, 9.17) is 5.73 Å². The number of aliphatic hydroxyl groups is 1. The molecule has 0 saturated heterocycles. The Bertz CT molecular complexity index is 526. The predicted octanol–water partition coefficient (Wildman–Crippen LogP) is 1.98. The van der Waals surface area contributed by atoms with Crippen molar-refractivity contribution in [3.63, 3.8) is 0 Å². The van der Waals surface area contributed by atoms with Crippen LogP contribution in [0, 0.1) is 0 Å². The molecule has 1 heterocycles. The molecule has 0 radical (unpaired) electrons. The van der Waals surface area contributed by atoms with Gasteiger partial charge in [0.2, 0.25) is 5.95 Å². The number of alkyl halides is 2. The van der Waals surface area contributed by atoms with Gasteiger partial charge >= 0.3 is 0 Å². The molecule has 8 heteroatoms. The molecule has 1 aromatic heterocycles. The minimum absolute atomic E-state index is 0.195. The highest BCUT2D eigenvalue weighted by atomic mass is 19.3. The fourth-order valence-electron chi connectivity index (χ4n) is 2.94. The lowest BCUT2D eigenvalue weighted by molar-refractivity contribution is -0.0793. The molecule has 2 saturated carbocycles. The van der Waals surface area contributed by atoms with E-state index in [0.29, 0.717) is 17.5 Å². The molecule has 0 amide bonds. The normalized spacial score (nSPS) is 28.0. The van der Waals surface area contributed by atoms with Gasteiger partial charge in [-0.1, -0.05) is 0 Å². The quantitative estimate of drug-likeness (QED) is 0.679. The Morgan fingerprint density at radius 2 is 1.82 bits per heavy atom. The summed E-state index contributed by atoms with van der Waals surface area (Å²) in [5.41, 5.74) is 6.15. The maximum atomic E-state index is 12.9. The van der Waals surface area contributed by atoms with Crippen LogP contribution in [0.5, 0.6) is 0 Å². The third kappa shape index (κ3) is 3.55. The maximum absolute atomic E-state index is 12.9. The molecule has 0 bridgehead atoms. The molecule has 3 rings (SSSR count). The average molecular weight is 313 g/mol. The first-order chi connectivity index (χ1) is 10.4. The molecule has 1 aromatic rings. The van der Waals surface area contributed by atoms with Gasteiger partial charge in [-0.05, 0) is 25.7 Å². The van der Waals surface area contributed by atoms with Crippen LogP contribution in [-0.2, 0) is 0 Å². The molecule has 5 N–H and O–H groups in total. The fraction of sp³-hybridized carbons (Fsp3) is 0.714. The second-order valence-corrected chi connectivity index (χ2v) is 6.25. The van der Waals surface area contributed by atoms with Gasteiger partial charge in [0.25, 0.3) is 5.92 Å². The first-order valence-corrected chi connectivity index (χ1v) is 7.63. The van der Waals surface area contributed by atoms with E-state index in [0.717, 1.165) is 25.7 Å². The van der Waals surface area contributed by atoms with Gasteiger partial charge < -0.3 is 21.5 Å². The summed E-state index contributed by atoms with van der Waals surface area (Å²) in [5.74, 6) is -1.75. The van der Waals surface area contributed by atoms with Crippen molar-refractivity contribution in [2.24, 2.45) is 0 Å². The number of anilines is 3. The first-order valence-electron chi connectivity index (χ1n) is 7.63. The van der Waals surface area contributed by atoms with Crippen LogP contribution in [-0.4, -0.2) is 39.2 Å². The number of aromatic nitrogens is 2. The zero-order chi connectivity index (χ0) is 15.7. The third-order valence-electron chi connectivity index (χ3n) is 4.28. The molecule has 0 aromatic carbocycles. The summed E-state index contributed by atoms with van der Waals surface area (Å²) >= 11 is 0. The number of rotatable bonds is 4. The van der Waals surface area contributed by atoms with E-state index in [1.807, 2.05) is 0 Å². The van der Waals surface area contributed by atoms with Crippen LogP contribution in [0.25, 0.3) is 0 Å². The number of nitrogens with zero attached hydrogens (tertiary/aromatic N) is 2. The Labute approximate surface area is 127 Å². The summed E-state index contributed by atoms with van der Waals surface area (Å²) in [6.07, 6.45) is 4.09. The molecule has 0 aliphatic heterocycles. The highest BCUT2D eigenvalue weighted by Gasteiger charge is 2.45.